The van der Waals surface area contributed by atoms with Crippen LogP contribution in [0.15, 0.2) is 0 Å². The highest BCUT2D eigenvalue weighted by molar-refractivity contribution is 6.03. The Kier molecular flexibility index (Phi) is 5.43. The van der Waals surface area contributed by atoms with E-state index in [9.17, 15) is 45.3 Å². The molecule has 4 saturated carbocycles. The number of carboxylic acids is 2. The smallest absolute Gasteiger partial charge is 0.314 e. The third-order valence-electron chi connectivity index (χ3n) is 10.7. The molecule has 3 unspecified atom stereocenters. The molecule has 4 aliphatic carbocycles. The highest BCUT2D eigenvalue weighted by Gasteiger charge is 2.76. The summed E-state index contributed by atoms with van der Waals surface area (Å²) in [5.41, 5.74) is -4.91. The number of fused-ring (bicyclic) bond motifs is 5. The number of nitrogens with zero attached hydrogens (tertiary/aromatic N) is 2. The summed E-state index contributed by atoms with van der Waals surface area (Å²) in [4.78, 5) is 37.6. The number of Topliss-reactive ketones (excluding diaryl/α,β-unsaturated/α-hetero) is 1. The quantitative estimate of drug-likeness (QED) is 0.447. The molecule has 0 amide bonds. The van der Waals surface area contributed by atoms with Crippen LogP contribution in [-0.2, 0) is 14.4 Å². The van der Waals surface area contributed by atoms with Crippen molar-refractivity contribution < 1.29 is 34.8 Å². The molecule has 0 aromatic carbocycles. The molecule has 11 atom stereocenters. The average Bonchev–Trinajstić information content (AvgIpc) is 3.02. The van der Waals surface area contributed by atoms with Crippen LogP contribution in [0.4, 0.5) is 0 Å². The van der Waals surface area contributed by atoms with Gasteiger partial charge >= 0.3 is 11.9 Å². The molecule has 4 aliphatic rings. The monoisotopic (exact) mass is 472 g/mol. The molecule has 9 nitrogen and oxygen atoms in total. The summed E-state index contributed by atoms with van der Waals surface area (Å²) < 4.78 is 0. The largest absolute Gasteiger partial charge is 0.481 e. The zero-order chi connectivity index (χ0) is 25.4. The number of aliphatic hydroxyl groups is 2. The van der Waals surface area contributed by atoms with E-state index >= 15 is 0 Å². The lowest BCUT2D eigenvalue weighted by atomic mass is 9.34. The second-order valence-corrected chi connectivity index (χ2v) is 11.5. The molecular weight excluding hydrogens is 440 g/mol. The lowest BCUT2D eigenvalue weighted by molar-refractivity contribution is -0.240. The molecule has 4 rings (SSSR count). The minimum atomic E-state index is -1.83. The number of hydrogen-bond donors (Lipinski definition) is 4. The standard InChI is InChI=1S/C25H32N2O7/c1-4-25(34)6-5-13-16-12(10-26)7-24(11-27)9-14(28)17(20(30)31)19(21(32)33)23(24,3)18(16)15(29)8-22(13,25)2/h12-13,15-19,29,34H,4-9H2,1-3H3,(H,30,31)(H,32,33)/t12-,13-,15+,16-,17?,18-,19?,22-,23-,24?,25-/m0/s1. The summed E-state index contributed by atoms with van der Waals surface area (Å²) >= 11 is 0. The number of ketones is 1. The molecule has 9 heteroatoms. The Hall–Kier alpha value is -2.49. The van der Waals surface area contributed by atoms with Gasteiger partial charge in [0, 0.05) is 17.3 Å². The number of carboxylic acid groups (broad SMARTS) is 2. The first-order valence-electron chi connectivity index (χ1n) is 12.0. The predicted molar refractivity (Wildman–Crippen MR) is 115 cm³/mol. The highest BCUT2D eigenvalue weighted by Crippen LogP contribution is 2.73. The Morgan fingerprint density at radius 3 is 2.29 bits per heavy atom. The lowest BCUT2D eigenvalue weighted by Gasteiger charge is -2.67. The van der Waals surface area contributed by atoms with E-state index in [0.29, 0.717) is 19.3 Å². The molecule has 0 spiro atoms. The second-order valence-electron chi connectivity index (χ2n) is 11.5. The molecule has 0 radical (unpaired) electrons. The first-order chi connectivity index (χ1) is 15.8. The van der Waals surface area contributed by atoms with Crippen LogP contribution in [0.25, 0.3) is 0 Å². The molecule has 0 aromatic heterocycles. The van der Waals surface area contributed by atoms with Crippen molar-refractivity contribution in [2.45, 2.75) is 71.0 Å². The van der Waals surface area contributed by atoms with E-state index < -0.39 is 81.7 Å². The van der Waals surface area contributed by atoms with Gasteiger partial charge in [-0.25, -0.2) is 0 Å². The van der Waals surface area contributed by atoms with Crippen molar-refractivity contribution in [3.8, 4) is 12.1 Å². The first kappa shape index (κ1) is 24.6. The topological polar surface area (TPSA) is 180 Å². The lowest BCUT2D eigenvalue weighted by Crippen LogP contribution is -2.71. The number of nitriles is 2. The van der Waals surface area contributed by atoms with E-state index in [0.717, 1.165) is 0 Å². The molecule has 4 fully saturated rings. The van der Waals surface area contributed by atoms with Crippen LogP contribution in [0.3, 0.4) is 0 Å². The Morgan fingerprint density at radius 1 is 1.15 bits per heavy atom. The number of aliphatic carboxylic acids is 2. The minimum absolute atomic E-state index is 0.0661. The van der Waals surface area contributed by atoms with E-state index in [1.807, 2.05) is 13.8 Å². The van der Waals surface area contributed by atoms with Crippen LogP contribution >= 0.6 is 0 Å². The van der Waals surface area contributed by atoms with E-state index in [4.69, 9.17) is 0 Å². The summed E-state index contributed by atoms with van der Waals surface area (Å²) in [6.45, 7) is 5.33. The zero-order valence-electron chi connectivity index (χ0n) is 19.7. The van der Waals surface area contributed by atoms with Crippen LogP contribution in [0.5, 0.6) is 0 Å². The van der Waals surface area contributed by atoms with Gasteiger partial charge in [0.25, 0.3) is 0 Å². The number of hydrogen-bond acceptors (Lipinski definition) is 7. The van der Waals surface area contributed by atoms with E-state index in [1.165, 1.54) is 6.92 Å². The normalized spacial score (nSPS) is 51.9. The van der Waals surface area contributed by atoms with Crippen molar-refractivity contribution >= 4 is 17.7 Å². The molecular formula is C25H32N2O7. The Labute approximate surface area is 198 Å². The predicted octanol–water partition coefficient (Wildman–Crippen LogP) is 1.97. The van der Waals surface area contributed by atoms with E-state index in [1.54, 1.807) is 0 Å². The van der Waals surface area contributed by atoms with Crippen LogP contribution in [0.2, 0.25) is 0 Å². The number of carbonyl (C=O) groups excluding carboxylic acids is 1. The van der Waals surface area contributed by atoms with Gasteiger partial charge in [-0.05, 0) is 49.9 Å². The fourth-order valence-electron chi connectivity index (χ4n) is 9.06. The van der Waals surface area contributed by atoms with Crippen molar-refractivity contribution in [3.63, 3.8) is 0 Å². The third-order valence-corrected chi connectivity index (χ3v) is 10.7. The maximum Gasteiger partial charge on any atom is 0.314 e. The molecule has 0 saturated heterocycles. The summed E-state index contributed by atoms with van der Waals surface area (Å²) in [5.74, 6) is -9.78. The molecule has 0 bridgehead atoms. The van der Waals surface area contributed by atoms with Crippen molar-refractivity contribution in [1.29, 1.82) is 10.5 Å². The molecule has 0 heterocycles. The molecule has 4 N–H and O–H groups in total. The second kappa shape index (κ2) is 7.50. The molecule has 184 valence electrons. The van der Waals surface area contributed by atoms with Crippen LogP contribution < -0.4 is 0 Å². The number of aliphatic hydroxyl groups excluding tert-OH is 1. The van der Waals surface area contributed by atoms with Crippen LogP contribution in [-0.4, -0.2) is 49.9 Å². The van der Waals surface area contributed by atoms with Gasteiger partial charge in [-0.2, -0.15) is 10.5 Å². The van der Waals surface area contributed by atoms with Gasteiger partial charge in [-0.3, -0.25) is 14.4 Å². The zero-order valence-corrected chi connectivity index (χ0v) is 19.7. The minimum Gasteiger partial charge on any atom is -0.481 e. The van der Waals surface area contributed by atoms with Gasteiger partial charge in [0.2, 0.25) is 0 Å². The fourth-order valence-corrected chi connectivity index (χ4v) is 9.06. The third kappa shape index (κ3) is 2.69. The average molecular weight is 473 g/mol. The van der Waals surface area contributed by atoms with Gasteiger partial charge in [0.05, 0.1) is 41.1 Å². The molecule has 34 heavy (non-hydrogen) atoms. The van der Waals surface area contributed by atoms with E-state index in [-0.39, 0.29) is 18.8 Å². The maximum absolute atomic E-state index is 12.9. The fraction of sp³-hybridized carbons (Fsp3) is 0.800. The molecule has 0 aliphatic heterocycles. The van der Waals surface area contributed by atoms with Crippen molar-refractivity contribution in [2.24, 2.45) is 51.8 Å². The summed E-state index contributed by atoms with van der Waals surface area (Å²) in [6, 6.07) is 4.44. The number of carbonyl (C=O) groups is 3. The highest BCUT2D eigenvalue weighted by atomic mass is 16.4. The Morgan fingerprint density at radius 2 is 1.79 bits per heavy atom. The van der Waals surface area contributed by atoms with Crippen molar-refractivity contribution in [3.05, 3.63) is 0 Å². The first-order valence-corrected chi connectivity index (χ1v) is 12.0. The van der Waals surface area contributed by atoms with Gasteiger partial charge in [0.15, 0.2) is 0 Å². The Balaban J connectivity index is 1.97. The van der Waals surface area contributed by atoms with Crippen molar-refractivity contribution in [2.75, 3.05) is 0 Å². The SMILES string of the molecule is CC[C@]1(O)CC[C@H]2[C@H]3[C@H]([C@H](O)C[C@@]21C)[C@@]1(C)C(C(=O)O)C(C(=O)O)C(=O)CC1(C#N)C[C@H]3C#N. The van der Waals surface area contributed by atoms with Gasteiger partial charge in [-0.1, -0.05) is 20.8 Å². The summed E-state index contributed by atoms with van der Waals surface area (Å²) in [5, 5.41) is 63.6. The maximum atomic E-state index is 12.9. The van der Waals surface area contributed by atoms with Gasteiger partial charge < -0.3 is 20.4 Å². The van der Waals surface area contributed by atoms with Crippen molar-refractivity contribution in [1.82, 2.24) is 0 Å². The molecule has 0 aromatic rings. The van der Waals surface area contributed by atoms with Crippen LogP contribution in [0, 0.1) is 74.4 Å². The summed E-state index contributed by atoms with van der Waals surface area (Å²) in [7, 11) is 0. The van der Waals surface area contributed by atoms with Crippen LogP contribution in [0.1, 0.15) is 59.3 Å². The van der Waals surface area contributed by atoms with E-state index in [2.05, 4.69) is 12.1 Å². The van der Waals surface area contributed by atoms with Gasteiger partial charge in [-0.15, -0.1) is 0 Å². The summed E-state index contributed by atoms with van der Waals surface area (Å²) in [6.07, 6.45) is -0.0106. The van der Waals surface area contributed by atoms with Gasteiger partial charge in [0.1, 0.15) is 11.7 Å². The number of rotatable bonds is 3. The Bertz CT molecular complexity index is 1030.